The second kappa shape index (κ2) is 4.03. The molecular weight excluding hydrogens is 232 g/mol. The number of aromatic amines is 1. The molecule has 0 saturated heterocycles. The molecule has 0 amide bonds. The van der Waals surface area contributed by atoms with Crippen LogP contribution in [0.4, 0.5) is 0 Å². The van der Waals surface area contributed by atoms with Crippen molar-refractivity contribution in [1.29, 1.82) is 0 Å². The Morgan fingerprint density at radius 2 is 2.00 bits per heavy atom. The van der Waals surface area contributed by atoms with E-state index >= 15 is 0 Å². The van der Waals surface area contributed by atoms with Crippen LogP contribution < -0.4 is 10.5 Å². The van der Waals surface area contributed by atoms with Crippen LogP contribution in [0.3, 0.4) is 0 Å². The lowest BCUT2D eigenvalue weighted by atomic mass is 10.2. The predicted octanol–water partition coefficient (Wildman–Crippen LogP) is 2.62. The number of nitrogens with one attached hydrogen (secondary N) is 1. The van der Waals surface area contributed by atoms with Gasteiger partial charge in [0.05, 0.1) is 0 Å². The summed E-state index contributed by atoms with van der Waals surface area (Å²) in [4.78, 5) is 17.6. The van der Waals surface area contributed by atoms with Crippen LogP contribution in [-0.4, -0.2) is 9.97 Å². The van der Waals surface area contributed by atoms with E-state index in [0.29, 0.717) is 22.7 Å². The molecule has 3 rings (SSSR count). The lowest BCUT2D eigenvalue weighted by Gasteiger charge is -2.05. The Kier molecular flexibility index (Phi) is 2.37. The number of pyridine rings is 1. The number of H-pyrrole nitrogens is 1. The normalized spacial score (nSPS) is 10.7. The maximum atomic E-state index is 11.1. The van der Waals surface area contributed by atoms with E-state index in [1.807, 2.05) is 31.2 Å². The SMILES string of the molecule is Cc1ccc(Oc2ccnc3[nH]c(=O)oc23)cc1. The molecule has 2 aromatic heterocycles. The number of nitrogens with zero attached hydrogens (tertiary/aromatic N) is 1. The average Bonchev–Trinajstić information content (AvgIpc) is 2.73. The standard InChI is InChI=1S/C13H10N2O3/c1-8-2-4-9(5-3-8)17-10-6-7-14-12-11(10)18-13(16)15-12/h2-7H,1H3,(H,14,15,16). The number of ether oxygens (including phenoxy) is 1. The summed E-state index contributed by atoms with van der Waals surface area (Å²) in [7, 11) is 0. The summed E-state index contributed by atoms with van der Waals surface area (Å²) in [5.41, 5.74) is 1.85. The van der Waals surface area contributed by atoms with Gasteiger partial charge in [-0.1, -0.05) is 17.7 Å². The molecule has 0 atom stereocenters. The molecule has 0 aliphatic carbocycles. The van der Waals surface area contributed by atoms with Gasteiger partial charge < -0.3 is 9.15 Å². The van der Waals surface area contributed by atoms with Gasteiger partial charge in [-0.2, -0.15) is 0 Å². The van der Waals surface area contributed by atoms with E-state index < -0.39 is 5.76 Å². The van der Waals surface area contributed by atoms with E-state index in [4.69, 9.17) is 9.15 Å². The summed E-state index contributed by atoms with van der Waals surface area (Å²) < 4.78 is 10.7. The van der Waals surface area contributed by atoms with Gasteiger partial charge in [-0.15, -0.1) is 0 Å². The van der Waals surface area contributed by atoms with Crippen LogP contribution in [0.2, 0.25) is 0 Å². The molecule has 1 aromatic carbocycles. The third kappa shape index (κ3) is 1.86. The Hall–Kier alpha value is -2.56. The number of hydrogen-bond donors (Lipinski definition) is 1. The van der Waals surface area contributed by atoms with Crippen molar-refractivity contribution in [2.75, 3.05) is 0 Å². The number of oxazole rings is 1. The topological polar surface area (TPSA) is 68.1 Å². The summed E-state index contributed by atoms with van der Waals surface area (Å²) in [6.07, 6.45) is 1.55. The Morgan fingerprint density at radius 1 is 1.22 bits per heavy atom. The van der Waals surface area contributed by atoms with E-state index in [1.165, 1.54) is 0 Å². The van der Waals surface area contributed by atoms with E-state index in [0.717, 1.165) is 5.56 Å². The third-order valence-electron chi connectivity index (χ3n) is 2.53. The first kappa shape index (κ1) is 10.6. The molecule has 0 unspecified atom stereocenters. The van der Waals surface area contributed by atoms with Gasteiger partial charge in [0.2, 0.25) is 5.58 Å². The molecule has 0 spiro atoms. The molecule has 90 valence electrons. The molecule has 0 bridgehead atoms. The minimum Gasteiger partial charge on any atom is -0.453 e. The fourth-order valence-corrected chi connectivity index (χ4v) is 1.65. The van der Waals surface area contributed by atoms with Crippen molar-refractivity contribution in [2.24, 2.45) is 0 Å². The maximum Gasteiger partial charge on any atom is 0.418 e. The van der Waals surface area contributed by atoms with Gasteiger partial charge >= 0.3 is 5.76 Å². The van der Waals surface area contributed by atoms with Crippen LogP contribution in [0.15, 0.2) is 45.7 Å². The highest BCUT2D eigenvalue weighted by Crippen LogP contribution is 2.27. The zero-order chi connectivity index (χ0) is 12.5. The first-order valence-electron chi connectivity index (χ1n) is 5.45. The molecule has 0 aliphatic rings. The van der Waals surface area contributed by atoms with Crippen LogP contribution in [0, 0.1) is 6.92 Å². The molecule has 5 heteroatoms. The molecule has 5 nitrogen and oxygen atoms in total. The first-order chi connectivity index (χ1) is 8.72. The largest absolute Gasteiger partial charge is 0.453 e. The highest BCUT2D eigenvalue weighted by atomic mass is 16.5. The van der Waals surface area contributed by atoms with Gasteiger partial charge in [-0.05, 0) is 19.1 Å². The van der Waals surface area contributed by atoms with Crippen molar-refractivity contribution in [3.05, 3.63) is 52.6 Å². The van der Waals surface area contributed by atoms with E-state index in [9.17, 15) is 4.79 Å². The molecule has 18 heavy (non-hydrogen) atoms. The Balaban J connectivity index is 2.04. The molecular formula is C13H10N2O3. The zero-order valence-corrected chi connectivity index (χ0v) is 9.64. The van der Waals surface area contributed by atoms with Gasteiger partial charge in [0.25, 0.3) is 0 Å². The average molecular weight is 242 g/mol. The Labute approximate surface area is 102 Å². The molecule has 3 aromatic rings. The van der Waals surface area contributed by atoms with Crippen molar-refractivity contribution in [3.8, 4) is 11.5 Å². The summed E-state index contributed by atoms with van der Waals surface area (Å²) in [6.45, 7) is 2.00. The third-order valence-corrected chi connectivity index (χ3v) is 2.53. The van der Waals surface area contributed by atoms with Crippen molar-refractivity contribution in [3.63, 3.8) is 0 Å². The summed E-state index contributed by atoms with van der Waals surface area (Å²) >= 11 is 0. The summed E-state index contributed by atoms with van der Waals surface area (Å²) in [5.74, 6) is 0.594. The summed E-state index contributed by atoms with van der Waals surface area (Å²) in [6, 6.07) is 9.25. The Morgan fingerprint density at radius 3 is 2.78 bits per heavy atom. The highest BCUT2D eigenvalue weighted by Gasteiger charge is 2.09. The first-order valence-corrected chi connectivity index (χ1v) is 5.45. The van der Waals surface area contributed by atoms with Crippen LogP contribution in [0.25, 0.3) is 11.2 Å². The van der Waals surface area contributed by atoms with Crippen molar-refractivity contribution in [1.82, 2.24) is 9.97 Å². The molecule has 2 heterocycles. The van der Waals surface area contributed by atoms with Gasteiger partial charge in [0, 0.05) is 12.3 Å². The number of aryl methyl sites for hydroxylation is 1. The van der Waals surface area contributed by atoms with Crippen LogP contribution in [0.5, 0.6) is 11.5 Å². The smallest absolute Gasteiger partial charge is 0.418 e. The molecule has 0 saturated carbocycles. The minimum atomic E-state index is -0.544. The molecule has 0 radical (unpaired) electrons. The van der Waals surface area contributed by atoms with Crippen LogP contribution in [-0.2, 0) is 0 Å². The lowest BCUT2D eigenvalue weighted by Crippen LogP contribution is -1.93. The van der Waals surface area contributed by atoms with Crippen LogP contribution >= 0.6 is 0 Å². The number of rotatable bonds is 2. The fraction of sp³-hybridized carbons (Fsp3) is 0.0769. The number of fused-ring (bicyclic) bond motifs is 1. The quantitative estimate of drug-likeness (QED) is 0.750. The molecule has 0 aliphatic heterocycles. The minimum absolute atomic E-state index is 0.322. The zero-order valence-electron chi connectivity index (χ0n) is 9.64. The van der Waals surface area contributed by atoms with Gasteiger partial charge in [0.15, 0.2) is 11.4 Å². The second-order valence-electron chi connectivity index (χ2n) is 3.92. The maximum absolute atomic E-state index is 11.1. The van der Waals surface area contributed by atoms with Crippen LogP contribution in [0.1, 0.15) is 5.56 Å². The van der Waals surface area contributed by atoms with E-state index in [1.54, 1.807) is 12.3 Å². The number of benzene rings is 1. The highest BCUT2D eigenvalue weighted by molar-refractivity contribution is 5.75. The number of hydrogen-bond acceptors (Lipinski definition) is 4. The van der Waals surface area contributed by atoms with Crippen molar-refractivity contribution in [2.45, 2.75) is 6.92 Å². The van der Waals surface area contributed by atoms with Crippen molar-refractivity contribution >= 4 is 11.2 Å². The molecule has 1 N–H and O–H groups in total. The molecule has 0 fully saturated rings. The van der Waals surface area contributed by atoms with Crippen molar-refractivity contribution < 1.29 is 9.15 Å². The van der Waals surface area contributed by atoms with Gasteiger partial charge in [-0.25, -0.2) is 9.78 Å². The second-order valence-corrected chi connectivity index (χ2v) is 3.92. The fourth-order valence-electron chi connectivity index (χ4n) is 1.65. The lowest BCUT2D eigenvalue weighted by molar-refractivity contribution is 0.465. The van der Waals surface area contributed by atoms with Gasteiger partial charge in [0.1, 0.15) is 5.75 Å². The van der Waals surface area contributed by atoms with E-state index in [2.05, 4.69) is 9.97 Å². The van der Waals surface area contributed by atoms with E-state index in [-0.39, 0.29) is 0 Å². The van der Waals surface area contributed by atoms with Gasteiger partial charge in [-0.3, -0.25) is 4.98 Å². The number of aromatic nitrogens is 2. The Bertz CT molecular complexity index is 741. The monoisotopic (exact) mass is 242 g/mol. The summed E-state index contributed by atoms with van der Waals surface area (Å²) in [5, 5.41) is 0. The predicted molar refractivity (Wildman–Crippen MR) is 65.9 cm³/mol.